The molecule has 0 fully saturated rings. The van der Waals surface area contributed by atoms with Crippen molar-refractivity contribution in [2.24, 2.45) is 0 Å². The minimum absolute atomic E-state index is 0. The Morgan fingerprint density at radius 3 is 1.32 bits per heavy atom. The zero-order chi connectivity index (χ0) is 20.7. The van der Waals surface area contributed by atoms with Crippen molar-refractivity contribution in [1.29, 1.82) is 0 Å². The van der Waals surface area contributed by atoms with Crippen LogP contribution in [0.4, 0.5) is 0 Å². The molecule has 0 N–H and O–H groups in total. The molecular weight excluding hydrogens is 404 g/mol. The summed E-state index contributed by atoms with van der Waals surface area (Å²) in [5.74, 6) is -0.495. The van der Waals surface area contributed by atoms with Gasteiger partial charge < -0.3 is 20.4 Å². The van der Waals surface area contributed by atoms with Gasteiger partial charge in [-0.25, -0.2) is 0 Å². The maximum atomic E-state index is 13.0. The minimum Gasteiger partial charge on any atom is -0.857 e. The third-order valence-corrected chi connectivity index (χ3v) is 9.53. The first-order valence-corrected chi connectivity index (χ1v) is 11.9. The second-order valence-corrected chi connectivity index (χ2v) is 10.9. The van der Waals surface area contributed by atoms with Crippen LogP contribution in [0.2, 0.25) is 9.45 Å². The average molecular weight is 440 g/mol. The maximum Gasteiger partial charge on any atom is 4.00 e. The van der Waals surface area contributed by atoms with Gasteiger partial charge in [-0.15, -0.1) is 0 Å². The van der Waals surface area contributed by atoms with Gasteiger partial charge in [-0.3, -0.25) is 0 Å². The number of hydrogen-bond acceptors (Lipinski definition) is 8. The monoisotopic (exact) mass is 440 g/mol. The van der Waals surface area contributed by atoms with Crippen LogP contribution in [0.25, 0.3) is 0 Å². The van der Waals surface area contributed by atoms with Crippen molar-refractivity contribution in [1.82, 2.24) is 0 Å². The van der Waals surface area contributed by atoms with Crippen LogP contribution in [-0.2, 0) is 52.5 Å². The Hall–Kier alpha value is 0.499. The molecule has 0 amide bonds. The van der Waals surface area contributed by atoms with Gasteiger partial charge in [0, 0.05) is 0 Å². The fourth-order valence-electron chi connectivity index (χ4n) is 2.02. The first-order valence-electron chi connectivity index (χ1n) is 7.77. The van der Waals surface area contributed by atoms with Crippen LogP contribution in [0.5, 0.6) is 0 Å². The van der Waals surface area contributed by atoms with Gasteiger partial charge >= 0.3 is 122 Å². The van der Waals surface area contributed by atoms with Gasteiger partial charge in [0.25, 0.3) is 0 Å². The molecule has 0 spiro atoms. The topological polar surface area (TPSA) is 145 Å². The van der Waals surface area contributed by atoms with Gasteiger partial charge in [0.1, 0.15) is 0 Å². The van der Waals surface area contributed by atoms with Gasteiger partial charge in [-0.1, -0.05) is 0 Å². The summed E-state index contributed by atoms with van der Waals surface area (Å²) in [5.41, 5.74) is 0. The summed E-state index contributed by atoms with van der Waals surface area (Å²) in [6, 6.07) is 0. The van der Waals surface area contributed by atoms with E-state index < -0.39 is 22.0 Å². The van der Waals surface area contributed by atoms with Crippen molar-refractivity contribution in [2.75, 3.05) is 35.0 Å². The molecule has 0 aromatic carbocycles. The van der Waals surface area contributed by atoms with Crippen molar-refractivity contribution in [2.45, 2.75) is 56.4 Å². The first-order chi connectivity index (χ1) is 11.4. The molecule has 0 rings (SSSR count). The standard InChI is InChI=1S/C3H7O.2C3H7.C2H4O2.4CH3O.O.2Ti/c1-2-3-4;2*1-3-2;1-2(3)4;4*1-2;;;/h2-3H2,1H3;2*1,3H2,2H3;1H3,(H,3,4);4*1H3;;;/q-1;;;;4*-1;;+2;+4/p-1. The maximum absolute atomic E-state index is 13.0. The van der Waals surface area contributed by atoms with Crippen LogP contribution >= 0.6 is 0 Å². The van der Waals surface area contributed by atoms with E-state index in [1.807, 2.05) is 20.8 Å². The molecule has 152 valence electrons. The van der Waals surface area contributed by atoms with Crippen LogP contribution in [0.3, 0.4) is 0 Å². The normalized spacial score (nSPS) is 9.00. The molecule has 8 nitrogen and oxygen atoms in total. The Morgan fingerprint density at radius 1 is 0.800 bits per heavy atom. The molecule has 0 radical (unpaired) electrons. The summed E-state index contributed by atoms with van der Waals surface area (Å²) >= 11 is -4.70. The summed E-state index contributed by atoms with van der Waals surface area (Å²) in [5, 5.41) is 33.0. The summed E-state index contributed by atoms with van der Waals surface area (Å²) in [6.07, 6.45) is 2.19. The van der Waals surface area contributed by atoms with E-state index >= 15 is 0 Å². The van der Waals surface area contributed by atoms with Gasteiger partial charge in [0.15, 0.2) is 0 Å². The number of rotatable bonds is 8. The molecule has 0 bridgehead atoms. The van der Waals surface area contributed by atoms with Crippen LogP contribution in [0.1, 0.15) is 47.0 Å². The van der Waals surface area contributed by atoms with Crippen molar-refractivity contribution < 1.29 is 73.0 Å². The Kier molecular flexibility index (Phi) is 47.1. The van der Waals surface area contributed by atoms with E-state index in [9.17, 15) is 8.12 Å². The second-order valence-electron chi connectivity index (χ2n) is 4.31. The van der Waals surface area contributed by atoms with E-state index in [-0.39, 0.29) is 21.7 Å². The van der Waals surface area contributed by atoms with E-state index in [0.717, 1.165) is 34.9 Å². The molecule has 0 aromatic rings. The Bertz CT molecular complexity index is 289. The predicted molar refractivity (Wildman–Crippen MR) is 82.6 cm³/mol. The molecule has 25 heavy (non-hydrogen) atoms. The average Bonchev–Trinajstić information content (AvgIpc) is 2.60. The molecular formula is C15H36O8Ti2. The fourth-order valence-corrected chi connectivity index (χ4v) is 8.32. The van der Waals surface area contributed by atoms with Crippen LogP contribution in [0, 0.1) is 0 Å². The molecule has 0 atom stereocenters. The van der Waals surface area contributed by atoms with Crippen LogP contribution < -0.4 is 20.4 Å². The summed E-state index contributed by atoms with van der Waals surface area (Å²) < 4.78 is 24.5. The van der Waals surface area contributed by atoms with Gasteiger partial charge in [-0.2, -0.15) is 28.4 Å². The fraction of sp³-hybridized carbons (Fsp3) is 0.933. The quantitative estimate of drug-likeness (QED) is 0.455. The van der Waals surface area contributed by atoms with E-state index in [2.05, 4.69) is 0 Å². The number of carbonyl (C=O) groups excluding carboxylic acids is 1. The van der Waals surface area contributed by atoms with E-state index in [0.29, 0.717) is 28.9 Å². The van der Waals surface area contributed by atoms with E-state index in [4.69, 9.17) is 27.1 Å². The number of carbonyl (C=O) groups is 1. The second kappa shape index (κ2) is 29.3. The van der Waals surface area contributed by atoms with Crippen molar-refractivity contribution in [3.63, 3.8) is 0 Å². The summed E-state index contributed by atoms with van der Waals surface area (Å²) in [6.45, 7) is 7.49. The SMILES string of the molecule is CCC[O][Ti](=[O])([CH2]CC)([CH2]CC)[O]C(C)=O.C[O-].C[O-].C[O-].C[O-].[Ti+4]. The zero-order valence-corrected chi connectivity index (χ0v) is 20.1. The van der Waals surface area contributed by atoms with Crippen molar-refractivity contribution >= 4 is 5.97 Å². The largest absolute Gasteiger partial charge is 4.00 e. The third kappa shape index (κ3) is 24.5. The molecule has 0 unspecified atom stereocenters. The molecule has 0 saturated heterocycles. The van der Waals surface area contributed by atoms with Gasteiger partial charge in [0.2, 0.25) is 0 Å². The smallest absolute Gasteiger partial charge is 0.857 e. The van der Waals surface area contributed by atoms with Gasteiger partial charge in [0.05, 0.1) is 0 Å². The van der Waals surface area contributed by atoms with Crippen molar-refractivity contribution in [3.8, 4) is 0 Å². The molecule has 0 saturated carbocycles. The van der Waals surface area contributed by atoms with E-state index in [1.165, 1.54) is 6.92 Å². The molecule has 0 aromatic heterocycles. The Morgan fingerprint density at radius 2 is 1.12 bits per heavy atom. The molecule has 10 heteroatoms. The Balaban J connectivity index is -0.0000000874. The first kappa shape index (κ1) is 40.3. The van der Waals surface area contributed by atoms with E-state index in [1.54, 1.807) is 0 Å². The predicted octanol–water partition coefficient (Wildman–Crippen LogP) is -0.599. The summed E-state index contributed by atoms with van der Waals surface area (Å²) in [7, 11) is 3.00. The molecule has 0 aliphatic heterocycles. The molecule has 0 heterocycles. The zero-order valence-electron chi connectivity index (χ0n) is 17.0. The van der Waals surface area contributed by atoms with Crippen LogP contribution in [0.15, 0.2) is 0 Å². The van der Waals surface area contributed by atoms with Gasteiger partial charge in [-0.05, 0) is 0 Å². The molecule has 0 aliphatic carbocycles. The third-order valence-electron chi connectivity index (χ3n) is 2.47. The molecule has 0 aliphatic rings. The van der Waals surface area contributed by atoms with Crippen molar-refractivity contribution in [3.05, 3.63) is 0 Å². The Labute approximate surface area is 170 Å². The minimum atomic E-state index is -4.70. The number of hydrogen-bond donors (Lipinski definition) is 0. The summed E-state index contributed by atoms with van der Waals surface area (Å²) in [4.78, 5) is 11.1. The van der Waals surface area contributed by atoms with Crippen LogP contribution in [-0.4, -0.2) is 41.0 Å².